The van der Waals surface area contributed by atoms with Crippen LogP contribution in [0.4, 0.5) is 0 Å². The van der Waals surface area contributed by atoms with E-state index in [4.69, 9.17) is 0 Å². The number of hydrogen-bond donors (Lipinski definition) is 2. The van der Waals surface area contributed by atoms with Gasteiger partial charge in [0.05, 0.1) is 0 Å². The summed E-state index contributed by atoms with van der Waals surface area (Å²) in [5, 5.41) is 11.3. The molecule has 3 rings (SSSR count). The number of aryl methyl sites for hydroxylation is 1. The van der Waals surface area contributed by atoms with Crippen molar-refractivity contribution < 1.29 is 4.79 Å². The van der Waals surface area contributed by atoms with Gasteiger partial charge in [-0.15, -0.1) is 0 Å². The standard InChI is InChI=1S/C13H18N4O/c18-13(17-14-9-5-2-1-3-6-9)12-10-7-4-8-11(10)15-16-12/h1-8H2,(H,15,16)(H,17,18). The number of nitrogens with zero attached hydrogens (tertiary/aromatic N) is 2. The van der Waals surface area contributed by atoms with E-state index in [-0.39, 0.29) is 5.91 Å². The van der Waals surface area contributed by atoms with Crippen LogP contribution in [-0.2, 0) is 12.8 Å². The summed E-state index contributed by atoms with van der Waals surface area (Å²) in [6.45, 7) is 0. The summed E-state index contributed by atoms with van der Waals surface area (Å²) >= 11 is 0. The average molecular weight is 246 g/mol. The molecule has 96 valence electrons. The van der Waals surface area contributed by atoms with Gasteiger partial charge in [0.2, 0.25) is 0 Å². The second-order valence-electron chi connectivity index (χ2n) is 5.06. The quantitative estimate of drug-likeness (QED) is 0.783. The summed E-state index contributed by atoms with van der Waals surface area (Å²) in [4.78, 5) is 12.0. The van der Waals surface area contributed by atoms with Gasteiger partial charge in [-0.05, 0) is 44.9 Å². The highest BCUT2D eigenvalue weighted by atomic mass is 16.2. The van der Waals surface area contributed by atoms with Gasteiger partial charge in [-0.3, -0.25) is 9.89 Å². The Labute approximate surface area is 106 Å². The fourth-order valence-corrected chi connectivity index (χ4v) is 2.76. The maximum atomic E-state index is 12.0. The van der Waals surface area contributed by atoms with E-state index in [9.17, 15) is 4.79 Å². The predicted octanol–water partition coefficient (Wildman–Crippen LogP) is 1.95. The Morgan fingerprint density at radius 3 is 2.78 bits per heavy atom. The van der Waals surface area contributed by atoms with Gasteiger partial charge in [0, 0.05) is 17.0 Å². The first kappa shape index (κ1) is 11.4. The molecule has 0 bridgehead atoms. The first-order valence-electron chi connectivity index (χ1n) is 6.76. The van der Waals surface area contributed by atoms with Gasteiger partial charge in [-0.1, -0.05) is 6.42 Å². The molecule has 0 atom stereocenters. The first-order chi connectivity index (χ1) is 8.84. The highest BCUT2D eigenvalue weighted by Crippen LogP contribution is 2.22. The lowest BCUT2D eigenvalue weighted by atomic mass is 9.99. The Kier molecular flexibility index (Phi) is 3.13. The molecule has 18 heavy (non-hydrogen) atoms. The fraction of sp³-hybridized carbons (Fsp3) is 0.615. The van der Waals surface area contributed by atoms with E-state index in [1.807, 2.05) is 0 Å². The Morgan fingerprint density at radius 2 is 1.94 bits per heavy atom. The van der Waals surface area contributed by atoms with Crippen molar-refractivity contribution in [3.63, 3.8) is 0 Å². The van der Waals surface area contributed by atoms with Gasteiger partial charge in [-0.2, -0.15) is 10.2 Å². The van der Waals surface area contributed by atoms with Crippen LogP contribution in [0.2, 0.25) is 0 Å². The van der Waals surface area contributed by atoms with Crippen LogP contribution in [0, 0.1) is 0 Å². The summed E-state index contributed by atoms with van der Waals surface area (Å²) in [5.74, 6) is -0.174. The number of aromatic nitrogens is 2. The summed E-state index contributed by atoms with van der Waals surface area (Å²) in [7, 11) is 0. The van der Waals surface area contributed by atoms with E-state index in [1.54, 1.807) is 0 Å². The molecular formula is C13H18N4O. The maximum absolute atomic E-state index is 12.0. The lowest BCUT2D eigenvalue weighted by molar-refractivity contribution is 0.0948. The maximum Gasteiger partial charge on any atom is 0.292 e. The van der Waals surface area contributed by atoms with E-state index < -0.39 is 0 Å². The third kappa shape index (κ3) is 2.17. The Hall–Kier alpha value is -1.65. The molecule has 0 aliphatic heterocycles. The van der Waals surface area contributed by atoms with Gasteiger partial charge in [0.15, 0.2) is 5.69 Å². The fourth-order valence-electron chi connectivity index (χ4n) is 2.76. The minimum absolute atomic E-state index is 0.174. The van der Waals surface area contributed by atoms with Crippen molar-refractivity contribution in [1.82, 2.24) is 15.6 Å². The highest BCUT2D eigenvalue weighted by molar-refractivity contribution is 5.95. The number of aromatic amines is 1. The van der Waals surface area contributed by atoms with E-state index >= 15 is 0 Å². The molecule has 1 saturated carbocycles. The van der Waals surface area contributed by atoms with Crippen molar-refractivity contribution in [2.75, 3.05) is 0 Å². The van der Waals surface area contributed by atoms with Gasteiger partial charge >= 0.3 is 0 Å². The number of carbonyl (C=O) groups excluding carboxylic acids is 1. The van der Waals surface area contributed by atoms with Gasteiger partial charge < -0.3 is 0 Å². The topological polar surface area (TPSA) is 70.1 Å². The van der Waals surface area contributed by atoms with Gasteiger partial charge in [-0.25, -0.2) is 5.43 Å². The van der Waals surface area contributed by atoms with Crippen molar-refractivity contribution in [3.8, 4) is 0 Å². The second-order valence-corrected chi connectivity index (χ2v) is 5.06. The number of nitrogens with one attached hydrogen (secondary N) is 2. The van der Waals surface area contributed by atoms with E-state index in [1.165, 1.54) is 19.3 Å². The van der Waals surface area contributed by atoms with Crippen LogP contribution in [0.1, 0.15) is 60.3 Å². The Bertz CT molecular complexity index is 481. The van der Waals surface area contributed by atoms with Crippen LogP contribution in [0.3, 0.4) is 0 Å². The smallest absolute Gasteiger partial charge is 0.281 e. The molecule has 5 heteroatoms. The Morgan fingerprint density at radius 1 is 1.11 bits per heavy atom. The Balaban J connectivity index is 1.67. The van der Waals surface area contributed by atoms with Crippen LogP contribution in [-0.4, -0.2) is 21.8 Å². The van der Waals surface area contributed by atoms with E-state index in [0.717, 1.165) is 49.1 Å². The lowest BCUT2D eigenvalue weighted by Gasteiger charge is -2.11. The van der Waals surface area contributed by atoms with Crippen molar-refractivity contribution in [3.05, 3.63) is 17.0 Å². The molecule has 1 fully saturated rings. The molecule has 0 aromatic carbocycles. The zero-order chi connectivity index (χ0) is 12.4. The molecule has 0 unspecified atom stereocenters. The summed E-state index contributed by atoms with van der Waals surface area (Å²) in [6.07, 6.45) is 8.74. The van der Waals surface area contributed by atoms with Crippen LogP contribution in [0.25, 0.3) is 0 Å². The van der Waals surface area contributed by atoms with Gasteiger partial charge in [0.1, 0.15) is 0 Å². The first-order valence-corrected chi connectivity index (χ1v) is 6.76. The van der Waals surface area contributed by atoms with Crippen LogP contribution in [0.5, 0.6) is 0 Å². The summed E-state index contributed by atoms with van der Waals surface area (Å²) < 4.78 is 0. The molecule has 5 nitrogen and oxygen atoms in total. The molecule has 0 radical (unpaired) electrons. The number of hydrogen-bond acceptors (Lipinski definition) is 3. The number of carbonyl (C=O) groups is 1. The van der Waals surface area contributed by atoms with Crippen LogP contribution >= 0.6 is 0 Å². The van der Waals surface area contributed by atoms with Crippen molar-refractivity contribution in [2.24, 2.45) is 5.10 Å². The van der Waals surface area contributed by atoms with Crippen molar-refractivity contribution in [1.29, 1.82) is 0 Å². The van der Waals surface area contributed by atoms with E-state index in [2.05, 4.69) is 20.7 Å². The molecule has 1 aromatic rings. The average Bonchev–Trinajstić information content (AvgIpc) is 2.99. The number of rotatable bonds is 2. The van der Waals surface area contributed by atoms with Crippen LogP contribution < -0.4 is 5.43 Å². The number of amides is 1. The van der Waals surface area contributed by atoms with Crippen molar-refractivity contribution >= 4 is 11.6 Å². The second kappa shape index (κ2) is 4.92. The van der Waals surface area contributed by atoms with Crippen LogP contribution in [0.15, 0.2) is 5.10 Å². The summed E-state index contributed by atoms with van der Waals surface area (Å²) in [6, 6.07) is 0. The predicted molar refractivity (Wildman–Crippen MR) is 68.6 cm³/mol. The highest BCUT2D eigenvalue weighted by Gasteiger charge is 2.22. The molecule has 1 heterocycles. The van der Waals surface area contributed by atoms with E-state index in [0.29, 0.717) is 5.69 Å². The zero-order valence-electron chi connectivity index (χ0n) is 10.5. The number of hydrazone groups is 1. The lowest BCUT2D eigenvalue weighted by Crippen LogP contribution is -2.22. The van der Waals surface area contributed by atoms with Crippen molar-refractivity contribution in [2.45, 2.75) is 51.4 Å². The monoisotopic (exact) mass is 246 g/mol. The molecule has 1 amide bonds. The minimum atomic E-state index is -0.174. The SMILES string of the molecule is O=C(NN=C1CCCCC1)c1n[nH]c2c1CCC2. The molecule has 2 N–H and O–H groups in total. The molecule has 1 aromatic heterocycles. The van der Waals surface area contributed by atoms with Gasteiger partial charge in [0.25, 0.3) is 5.91 Å². The molecule has 2 aliphatic carbocycles. The minimum Gasteiger partial charge on any atom is -0.281 e. The third-order valence-corrected chi connectivity index (χ3v) is 3.77. The largest absolute Gasteiger partial charge is 0.292 e. The third-order valence-electron chi connectivity index (χ3n) is 3.77. The number of H-pyrrole nitrogens is 1. The number of fused-ring (bicyclic) bond motifs is 1. The normalized spacial score (nSPS) is 18.6. The molecule has 2 aliphatic rings. The summed E-state index contributed by atoms with van der Waals surface area (Å²) in [5.41, 5.74) is 6.49. The molecule has 0 saturated heterocycles. The molecule has 0 spiro atoms. The zero-order valence-corrected chi connectivity index (χ0v) is 10.5. The molecular weight excluding hydrogens is 228 g/mol.